The molecule has 2 aliphatic rings. The predicted octanol–water partition coefficient (Wildman–Crippen LogP) is 2.09. The van der Waals surface area contributed by atoms with E-state index in [1.54, 1.807) is 0 Å². The molecule has 1 amide bonds. The summed E-state index contributed by atoms with van der Waals surface area (Å²) in [6.45, 7) is 7.38. The largest absolute Gasteiger partial charge is 0.357 e. The van der Waals surface area contributed by atoms with Gasteiger partial charge in [0.15, 0.2) is 5.96 Å². The number of guanidine groups is 1. The van der Waals surface area contributed by atoms with Crippen molar-refractivity contribution in [2.75, 3.05) is 39.3 Å². The number of hydrogen-bond donors (Lipinski definition) is 3. The highest BCUT2D eigenvalue weighted by atomic mass is 127. The van der Waals surface area contributed by atoms with Gasteiger partial charge in [0.25, 0.3) is 0 Å². The van der Waals surface area contributed by atoms with Gasteiger partial charge < -0.3 is 20.9 Å². The summed E-state index contributed by atoms with van der Waals surface area (Å²) in [5.41, 5.74) is 0. The molecule has 1 saturated carbocycles. The van der Waals surface area contributed by atoms with Gasteiger partial charge in [0.05, 0.1) is 0 Å². The fraction of sp³-hybridized carbons (Fsp3) is 0.889. The zero-order valence-corrected chi connectivity index (χ0v) is 18.0. The second-order valence-corrected chi connectivity index (χ2v) is 6.93. The van der Waals surface area contributed by atoms with Crippen LogP contribution in [0.25, 0.3) is 0 Å². The first-order valence-corrected chi connectivity index (χ1v) is 9.82. The van der Waals surface area contributed by atoms with Crippen LogP contribution in [0.5, 0.6) is 0 Å². The Morgan fingerprint density at radius 2 is 1.72 bits per heavy atom. The number of carbonyl (C=O) groups excluding carboxylic acids is 1. The molecule has 0 radical (unpaired) electrons. The van der Waals surface area contributed by atoms with Crippen molar-refractivity contribution in [3.8, 4) is 0 Å². The minimum Gasteiger partial charge on any atom is -0.357 e. The smallest absolute Gasteiger partial charge is 0.242 e. The molecular weight excluding hydrogens is 429 g/mol. The van der Waals surface area contributed by atoms with E-state index in [1.165, 1.54) is 51.6 Å². The molecule has 1 saturated heterocycles. The zero-order valence-electron chi connectivity index (χ0n) is 15.7. The second kappa shape index (κ2) is 13.6. The Hall–Kier alpha value is -0.570. The van der Waals surface area contributed by atoms with Gasteiger partial charge in [0.2, 0.25) is 5.91 Å². The first-order valence-electron chi connectivity index (χ1n) is 9.82. The Labute approximate surface area is 170 Å². The number of likely N-dealkylation sites (tertiary alicyclic amines) is 1. The van der Waals surface area contributed by atoms with Crippen LogP contribution in [0.2, 0.25) is 0 Å². The number of amides is 1. The van der Waals surface area contributed by atoms with Crippen LogP contribution in [0.15, 0.2) is 4.99 Å². The molecule has 1 aliphatic carbocycles. The van der Waals surface area contributed by atoms with Crippen LogP contribution in [0.3, 0.4) is 0 Å². The predicted molar refractivity (Wildman–Crippen MR) is 115 cm³/mol. The Morgan fingerprint density at radius 3 is 2.40 bits per heavy atom. The first kappa shape index (κ1) is 22.5. The van der Waals surface area contributed by atoms with E-state index >= 15 is 0 Å². The molecule has 7 heteroatoms. The highest BCUT2D eigenvalue weighted by Crippen LogP contribution is 2.17. The second-order valence-electron chi connectivity index (χ2n) is 6.93. The van der Waals surface area contributed by atoms with Gasteiger partial charge in [-0.15, -0.1) is 24.0 Å². The van der Waals surface area contributed by atoms with Crippen LogP contribution in [-0.4, -0.2) is 62.1 Å². The summed E-state index contributed by atoms with van der Waals surface area (Å²) in [7, 11) is 0. The molecule has 0 spiro atoms. The monoisotopic (exact) mass is 465 g/mol. The molecule has 146 valence electrons. The molecule has 0 aromatic rings. The van der Waals surface area contributed by atoms with Gasteiger partial charge in [-0.2, -0.15) is 0 Å². The molecule has 1 heterocycles. The lowest BCUT2D eigenvalue weighted by atomic mass is 9.95. The number of hydrogen-bond acceptors (Lipinski definition) is 3. The van der Waals surface area contributed by atoms with Crippen LogP contribution < -0.4 is 16.0 Å². The minimum absolute atomic E-state index is 0. The number of piperidine rings is 1. The third kappa shape index (κ3) is 9.63. The summed E-state index contributed by atoms with van der Waals surface area (Å²) < 4.78 is 0. The highest BCUT2D eigenvalue weighted by molar-refractivity contribution is 14.0. The lowest BCUT2D eigenvalue weighted by Crippen LogP contribution is -2.43. The van der Waals surface area contributed by atoms with Crippen LogP contribution in [0.4, 0.5) is 0 Å². The average Bonchev–Trinajstić information content (AvgIpc) is 2.61. The van der Waals surface area contributed by atoms with Crippen LogP contribution >= 0.6 is 24.0 Å². The molecule has 25 heavy (non-hydrogen) atoms. The fourth-order valence-electron chi connectivity index (χ4n) is 3.53. The zero-order chi connectivity index (χ0) is 17.0. The minimum atomic E-state index is 0. The van der Waals surface area contributed by atoms with Crippen molar-refractivity contribution >= 4 is 35.8 Å². The van der Waals surface area contributed by atoms with Gasteiger partial charge in [0.1, 0.15) is 6.54 Å². The van der Waals surface area contributed by atoms with Gasteiger partial charge >= 0.3 is 0 Å². The fourth-order valence-corrected chi connectivity index (χ4v) is 3.53. The number of nitrogens with one attached hydrogen (secondary N) is 3. The third-order valence-corrected chi connectivity index (χ3v) is 4.86. The molecule has 6 nitrogen and oxygen atoms in total. The van der Waals surface area contributed by atoms with E-state index in [9.17, 15) is 4.79 Å². The molecular formula is C18H36IN5O. The number of aliphatic imine (C=N–C) groups is 1. The van der Waals surface area contributed by atoms with E-state index in [0.717, 1.165) is 38.4 Å². The van der Waals surface area contributed by atoms with Crippen molar-refractivity contribution in [3.05, 3.63) is 0 Å². The quantitative estimate of drug-likeness (QED) is 0.306. The molecule has 0 aromatic carbocycles. The Bertz CT molecular complexity index is 393. The highest BCUT2D eigenvalue weighted by Gasteiger charge is 2.15. The summed E-state index contributed by atoms with van der Waals surface area (Å²) in [6, 6.07) is 0.357. The number of carbonyl (C=O) groups is 1. The van der Waals surface area contributed by atoms with Gasteiger partial charge in [-0.3, -0.25) is 4.79 Å². The Kier molecular flexibility index (Phi) is 12.2. The van der Waals surface area contributed by atoms with Crippen LogP contribution in [0.1, 0.15) is 58.3 Å². The molecule has 0 unspecified atom stereocenters. The van der Waals surface area contributed by atoms with Crippen molar-refractivity contribution in [1.82, 2.24) is 20.9 Å². The summed E-state index contributed by atoms with van der Waals surface area (Å²) in [5.74, 6) is 0.781. The summed E-state index contributed by atoms with van der Waals surface area (Å²) >= 11 is 0. The molecule has 2 fully saturated rings. The van der Waals surface area contributed by atoms with Crippen molar-refractivity contribution in [3.63, 3.8) is 0 Å². The van der Waals surface area contributed by atoms with Crippen molar-refractivity contribution in [1.29, 1.82) is 0 Å². The third-order valence-electron chi connectivity index (χ3n) is 4.86. The first-order chi connectivity index (χ1) is 11.8. The maximum Gasteiger partial charge on any atom is 0.242 e. The van der Waals surface area contributed by atoms with Crippen molar-refractivity contribution < 1.29 is 4.79 Å². The van der Waals surface area contributed by atoms with E-state index in [4.69, 9.17) is 0 Å². The maximum atomic E-state index is 12.1. The number of rotatable bonds is 7. The standard InChI is InChI=1S/C18H35N5O.HI/c1-2-19-18(20-11-14-23-12-7-4-8-13-23)21-15-17(24)22-16-9-5-3-6-10-16;/h16H,2-15H2,1H3,(H,22,24)(H2,19,20,21);1H. The molecule has 3 N–H and O–H groups in total. The Morgan fingerprint density at radius 1 is 1.04 bits per heavy atom. The number of halogens is 1. The van der Waals surface area contributed by atoms with Crippen molar-refractivity contribution in [2.45, 2.75) is 64.3 Å². The number of nitrogens with zero attached hydrogens (tertiary/aromatic N) is 2. The van der Waals surface area contributed by atoms with E-state index in [1.807, 2.05) is 6.92 Å². The SMILES string of the molecule is CCNC(=NCC(=O)NC1CCCCC1)NCCN1CCCCC1.I. The molecule has 1 aliphatic heterocycles. The summed E-state index contributed by atoms with van der Waals surface area (Å²) in [5, 5.41) is 9.68. The molecule has 0 aromatic heterocycles. The lowest BCUT2D eigenvalue weighted by molar-refractivity contribution is -0.120. The molecule has 2 rings (SSSR count). The van der Waals surface area contributed by atoms with Crippen molar-refractivity contribution in [2.24, 2.45) is 4.99 Å². The maximum absolute atomic E-state index is 12.1. The van der Waals surface area contributed by atoms with Crippen LogP contribution in [-0.2, 0) is 4.79 Å². The lowest BCUT2D eigenvalue weighted by Gasteiger charge is -2.26. The van der Waals surface area contributed by atoms with Gasteiger partial charge in [-0.05, 0) is 45.7 Å². The molecule has 0 atom stereocenters. The van der Waals surface area contributed by atoms with Gasteiger partial charge in [-0.25, -0.2) is 4.99 Å². The van der Waals surface area contributed by atoms with E-state index in [2.05, 4.69) is 25.8 Å². The van der Waals surface area contributed by atoms with E-state index in [0.29, 0.717) is 6.04 Å². The topological polar surface area (TPSA) is 68.8 Å². The van der Waals surface area contributed by atoms with Gasteiger partial charge in [-0.1, -0.05) is 25.7 Å². The van der Waals surface area contributed by atoms with Gasteiger partial charge in [0, 0.05) is 25.7 Å². The van der Waals surface area contributed by atoms with Crippen LogP contribution in [0, 0.1) is 0 Å². The van der Waals surface area contributed by atoms with E-state index < -0.39 is 0 Å². The molecule has 0 bridgehead atoms. The summed E-state index contributed by atoms with van der Waals surface area (Å²) in [6.07, 6.45) is 9.99. The average molecular weight is 465 g/mol. The normalized spacial score (nSPS) is 19.8. The summed E-state index contributed by atoms with van der Waals surface area (Å²) in [4.78, 5) is 19.0. The van der Waals surface area contributed by atoms with E-state index in [-0.39, 0.29) is 36.4 Å². The Balaban J connectivity index is 0.00000312.